The fraction of sp³-hybridized carbons (Fsp3) is 0.400. The predicted molar refractivity (Wildman–Crippen MR) is 95.9 cm³/mol. The molecule has 2 aliphatic rings. The number of benzene rings is 2. The first-order valence-electron chi connectivity index (χ1n) is 8.45. The van der Waals surface area contributed by atoms with E-state index in [1.807, 2.05) is 11.8 Å². The Bertz CT molecular complexity index is 631. The van der Waals surface area contributed by atoms with Crippen LogP contribution in [-0.4, -0.2) is 31.1 Å². The number of hydrogen-bond acceptors (Lipinski definition) is 3. The topological polar surface area (TPSA) is 12.5 Å². The second-order valence-electron chi connectivity index (χ2n) is 6.54. The third-order valence-electron chi connectivity index (χ3n) is 4.92. The molecular formula is C20H23NOS. The normalized spacial score (nSPS) is 22.2. The number of nitrogens with zero attached hydrogens (tertiary/aromatic N) is 1. The van der Waals surface area contributed by atoms with Gasteiger partial charge in [0, 0.05) is 23.7 Å². The molecule has 0 aromatic heterocycles. The molecule has 23 heavy (non-hydrogen) atoms. The van der Waals surface area contributed by atoms with Gasteiger partial charge in [0.2, 0.25) is 0 Å². The van der Waals surface area contributed by atoms with Crippen LogP contribution in [0.25, 0.3) is 0 Å². The van der Waals surface area contributed by atoms with E-state index in [0.717, 1.165) is 31.7 Å². The van der Waals surface area contributed by atoms with Crippen molar-refractivity contribution < 1.29 is 4.74 Å². The van der Waals surface area contributed by atoms with Gasteiger partial charge in [0.05, 0.1) is 6.10 Å². The first-order chi connectivity index (χ1) is 11.3. The zero-order chi connectivity index (χ0) is 15.6. The van der Waals surface area contributed by atoms with Gasteiger partial charge in [-0.05, 0) is 42.6 Å². The van der Waals surface area contributed by atoms with Crippen molar-refractivity contribution in [2.75, 3.05) is 20.1 Å². The third kappa shape index (κ3) is 3.18. The number of fused-ring (bicyclic) bond motifs is 2. The highest BCUT2D eigenvalue weighted by Gasteiger charge is 2.28. The Morgan fingerprint density at radius 2 is 1.65 bits per heavy atom. The molecular weight excluding hydrogens is 302 g/mol. The van der Waals surface area contributed by atoms with Gasteiger partial charge >= 0.3 is 0 Å². The zero-order valence-electron chi connectivity index (χ0n) is 13.6. The summed E-state index contributed by atoms with van der Waals surface area (Å²) in [6, 6.07) is 17.5. The summed E-state index contributed by atoms with van der Waals surface area (Å²) < 4.78 is 6.67. The van der Waals surface area contributed by atoms with E-state index >= 15 is 0 Å². The van der Waals surface area contributed by atoms with Crippen LogP contribution in [0.3, 0.4) is 0 Å². The highest BCUT2D eigenvalue weighted by molar-refractivity contribution is 7.98. The predicted octanol–water partition coefficient (Wildman–Crippen LogP) is 4.49. The molecule has 0 aliphatic carbocycles. The average molecular weight is 325 g/mol. The van der Waals surface area contributed by atoms with Crippen LogP contribution in [0.5, 0.6) is 0 Å². The summed E-state index contributed by atoms with van der Waals surface area (Å²) in [5, 5.41) is 0. The minimum atomic E-state index is 0.0748. The molecule has 0 N–H and O–H groups in total. The van der Waals surface area contributed by atoms with E-state index in [4.69, 9.17) is 4.74 Å². The lowest BCUT2D eigenvalue weighted by molar-refractivity contribution is -0.0245. The van der Waals surface area contributed by atoms with Crippen molar-refractivity contribution in [3.63, 3.8) is 0 Å². The van der Waals surface area contributed by atoms with Gasteiger partial charge in [-0.15, -0.1) is 11.8 Å². The SMILES string of the molecule is CN1CCC(OC2c3ccccc3CSc3ccccc32)CC1. The first kappa shape index (κ1) is 15.3. The molecule has 1 unspecified atom stereocenters. The van der Waals surface area contributed by atoms with Gasteiger partial charge < -0.3 is 9.64 Å². The van der Waals surface area contributed by atoms with Crippen LogP contribution >= 0.6 is 11.8 Å². The molecule has 1 fully saturated rings. The number of piperidine rings is 1. The van der Waals surface area contributed by atoms with Crippen LogP contribution in [0.1, 0.15) is 35.6 Å². The van der Waals surface area contributed by atoms with Gasteiger partial charge in [-0.2, -0.15) is 0 Å². The molecule has 120 valence electrons. The van der Waals surface area contributed by atoms with Gasteiger partial charge in [0.15, 0.2) is 0 Å². The van der Waals surface area contributed by atoms with Gasteiger partial charge in [-0.25, -0.2) is 0 Å². The summed E-state index contributed by atoms with van der Waals surface area (Å²) >= 11 is 1.93. The number of hydrogen-bond donors (Lipinski definition) is 0. The van der Waals surface area contributed by atoms with Gasteiger partial charge in [0.25, 0.3) is 0 Å². The molecule has 0 spiro atoms. The highest BCUT2D eigenvalue weighted by Crippen LogP contribution is 2.42. The number of rotatable bonds is 2. The van der Waals surface area contributed by atoms with Gasteiger partial charge in [-0.1, -0.05) is 42.5 Å². The maximum absolute atomic E-state index is 6.67. The first-order valence-corrected chi connectivity index (χ1v) is 9.43. The smallest absolute Gasteiger partial charge is 0.109 e. The molecule has 2 heterocycles. The Kier molecular flexibility index (Phi) is 4.43. The standard InChI is InChI=1S/C20H23NOS/c1-21-12-10-16(11-13-21)22-20-17-7-3-2-6-15(17)14-23-19-9-5-4-8-18(19)20/h2-9,16,20H,10-14H2,1H3. The van der Waals surface area contributed by atoms with E-state index in [9.17, 15) is 0 Å². The lowest BCUT2D eigenvalue weighted by Crippen LogP contribution is -2.35. The molecule has 1 saturated heterocycles. The number of thioether (sulfide) groups is 1. The van der Waals surface area contributed by atoms with E-state index < -0.39 is 0 Å². The maximum atomic E-state index is 6.67. The largest absolute Gasteiger partial charge is 0.365 e. The van der Waals surface area contributed by atoms with Crippen LogP contribution < -0.4 is 0 Å². The van der Waals surface area contributed by atoms with Crippen LogP contribution in [0.4, 0.5) is 0 Å². The third-order valence-corrected chi connectivity index (χ3v) is 6.05. The van der Waals surface area contributed by atoms with Crippen molar-refractivity contribution >= 4 is 11.8 Å². The second-order valence-corrected chi connectivity index (χ2v) is 7.56. The molecule has 2 aromatic rings. The van der Waals surface area contributed by atoms with Crippen LogP contribution in [-0.2, 0) is 10.5 Å². The Labute approximate surface area is 142 Å². The van der Waals surface area contributed by atoms with Crippen LogP contribution in [0, 0.1) is 0 Å². The Morgan fingerprint density at radius 1 is 0.957 bits per heavy atom. The van der Waals surface area contributed by atoms with E-state index in [1.165, 1.54) is 21.6 Å². The molecule has 0 radical (unpaired) electrons. The summed E-state index contributed by atoms with van der Waals surface area (Å²) in [6.45, 7) is 2.27. The van der Waals surface area contributed by atoms with Crippen molar-refractivity contribution in [3.05, 3.63) is 65.2 Å². The summed E-state index contributed by atoms with van der Waals surface area (Å²) in [6.07, 6.45) is 2.70. The van der Waals surface area contributed by atoms with E-state index in [2.05, 4.69) is 60.5 Å². The molecule has 3 heteroatoms. The van der Waals surface area contributed by atoms with Crippen LogP contribution in [0.2, 0.25) is 0 Å². The maximum Gasteiger partial charge on any atom is 0.109 e. The van der Waals surface area contributed by atoms with Crippen molar-refractivity contribution in [3.8, 4) is 0 Å². The minimum Gasteiger partial charge on any atom is -0.365 e. The van der Waals surface area contributed by atoms with Crippen molar-refractivity contribution in [1.29, 1.82) is 0 Å². The molecule has 0 saturated carbocycles. The minimum absolute atomic E-state index is 0.0748. The Morgan fingerprint density at radius 3 is 2.48 bits per heavy atom. The van der Waals surface area contributed by atoms with Crippen molar-refractivity contribution in [2.45, 2.75) is 35.7 Å². The Balaban J connectivity index is 1.69. The summed E-state index contributed by atoms with van der Waals surface area (Å²) in [5.41, 5.74) is 4.09. The number of ether oxygens (including phenoxy) is 1. The summed E-state index contributed by atoms with van der Waals surface area (Å²) in [7, 11) is 2.20. The van der Waals surface area contributed by atoms with E-state index in [0.29, 0.717) is 6.10 Å². The molecule has 0 amide bonds. The molecule has 0 bridgehead atoms. The van der Waals surface area contributed by atoms with E-state index in [1.54, 1.807) is 0 Å². The highest BCUT2D eigenvalue weighted by atomic mass is 32.2. The quantitative estimate of drug-likeness (QED) is 0.807. The molecule has 2 aliphatic heterocycles. The number of likely N-dealkylation sites (tertiary alicyclic amines) is 1. The Hall–Kier alpha value is -1.29. The zero-order valence-corrected chi connectivity index (χ0v) is 14.4. The molecule has 2 aromatic carbocycles. The fourth-order valence-corrected chi connectivity index (χ4v) is 4.62. The molecule has 4 rings (SSSR count). The fourth-order valence-electron chi connectivity index (χ4n) is 3.53. The van der Waals surface area contributed by atoms with E-state index in [-0.39, 0.29) is 6.10 Å². The summed E-state index contributed by atoms with van der Waals surface area (Å²) in [5.74, 6) is 1.03. The van der Waals surface area contributed by atoms with Crippen molar-refractivity contribution in [1.82, 2.24) is 4.90 Å². The molecule has 1 atom stereocenters. The van der Waals surface area contributed by atoms with Crippen LogP contribution in [0.15, 0.2) is 53.4 Å². The second kappa shape index (κ2) is 6.68. The van der Waals surface area contributed by atoms with Crippen molar-refractivity contribution in [2.24, 2.45) is 0 Å². The lowest BCUT2D eigenvalue weighted by atomic mass is 9.96. The average Bonchev–Trinajstić information content (AvgIpc) is 2.75. The monoisotopic (exact) mass is 325 g/mol. The summed E-state index contributed by atoms with van der Waals surface area (Å²) in [4.78, 5) is 3.76. The lowest BCUT2D eigenvalue weighted by Gasteiger charge is -2.32. The van der Waals surface area contributed by atoms with Gasteiger partial charge in [-0.3, -0.25) is 0 Å². The van der Waals surface area contributed by atoms with Gasteiger partial charge in [0.1, 0.15) is 6.10 Å². The molecule has 2 nitrogen and oxygen atoms in total.